The largest absolute Gasteiger partial charge is 0.339 e. The number of hydrogen-bond acceptors (Lipinski definition) is 3. The van der Waals surface area contributed by atoms with Crippen molar-refractivity contribution >= 4 is 24.2 Å². The summed E-state index contributed by atoms with van der Waals surface area (Å²) >= 11 is 0. The van der Waals surface area contributed by atoms with E-state index in [9.17, 15) is 18.4 Å². The average molecular weight is 388 g/mol. The van der Waals surface area contributed by atoms with Crippen LogP contribution in [0, 0.1) is 17.6 Å². The van der Waals surface area contributed by atoms with E-state index < -0.39 is 23.1 Å². The molecule has 5 nitrogen and oxygen atoms in total. The second kappa shape index (κ2) is 8.77. The molecule has 2 amide bonds. The molecule has 0 aromatic heterocycles. The molecule has 2 atom stereocenters. The molecule has 1 N–H and O–H groups in total. The lowest BCUT2D eigenvalue weighted by molar-refractivity contribution is -0.138. The first-order valence-corrected chi connectivity index (χ1v) is 8.73. The van der Waals surface area contributed by atoms with Gasteiger partial charge < -0.3 is 15.1 Å². The Kier molecular flexibility index (Phi) is 6.94. The summed E-state index contributed by atoms with van der Waals surface area (Å²) < 4.78 is 27.6. The topological polar surface area (TPSA) is 52.7 Å². The molecule has 2 aliphatic rings. The van der Waals surface area contributed by atoms with Gasteiger partial charge in [-0.1, -0.05) is 6.07 Å². The fraction of sp³-hybridized carbons (Fsp3) is 0.556. The molecule has 0 spiro atoms. The number of halogens is 3. The monoisotopic (exact) mass is 387 g/mol. The highest BCUT2D eigenvalue weighted by molar-refractivity contribution is 5.95. The summed E-state index contributed by atoms with van der Waals surface area (Å²) in [5.74, 6) is -2.22. The van der Waals surface area contributed by atoms with Crippen molar-refractivity contribution in [1.29, 1.82) is 0 Å². The molecule has 2 heterocycles. The Morgan fingerprint density at radius 3 is 2.23 bits per heavy atom. The minimum Gasteiger partial charge on any atom is -0.339 e. The minimum atomic E-state index is -0.854. The van der Waals surface area contributed by atoms with E-state index in [2.05, 4.69) is 12.2 Å². The molecule has 8 heteroatoms. The molecular weight excluding hydrogens is 364 g/mol. The Bertz CT molecular complexity index is 646. The van der Waals surface area contributed by atoms with Gasteiger partial charge in [0.25, 0.3) is 5.91 Å². The number of piperazine rings is 1. The number of nitrogens with zero attached hydrogens (tertiary/aromatic N) is 2. The molecule has 144 valence electrons. The van der Waals surface area contributed by atoms with Crippen LogP contribution in [0.3, 0.4) is 0 Å². The van der Waals surface area contributed by atoms with Gasteiger partial charge in [-0.2, -0.15) is 0 Å². The van der Waals surface area contributed by atoms with Crippen LogP contribution in [0.4, 0.5) is 8.78 Å². The Morgan fingerprint density at radius 2 is 1.65 bits per heavy atom. The molecule has 1 aromatic rings. The number of piperidine rings is 1. The minimum absolute atomic E-state index is 0. The first-order chi connectivity index (χ1) is 12.0. The van der Waals surface area contributed by atoms with E-state index in [0.717, 1.165) is 31.5 Å². The van der Waals surface area contributed by atoms with Gasteiger partial charge in [-0.3, -0.25) is 9.59 Å². The highest BCUT2D eigenvalue weighted by Gasteiger charge is 2.32. The van der Waals surface area contributed by atoms with E-state index in [1.54, 1.807) is 4.90 Å². The summed E-state index contributed by atoms with van der Waals surface area (Å²) in [5.41, 5.74) is -0.519. The molecule has 0 saturated carbocycles. The van der Waals surface area contributed by atoms with Crippen molar-refractivity contribution in [3.05, 3.63) is 35.4 Å². The van der Waals surface area contributed by atoms with Crippen LogP contribution in [0.5, 0.6) is 0 Å². The lowest BCUT2D eigenvalue weighted by Crippen LogP contribution is -2.53. The van der Waals surface area contributed by atoms with Crippen LogP contribution in [-0.4, -0.2) is 60.4 Å². The standard InChI is InChI=1S/C18H23F2N3O2.ClH/c1-12-11-13(5-6-21-12)17(24)22-7-9-23(10-8-22)18(25)16-14(19)3-2-4-15(16)20;/h2-4,12-13,21H,5-11H2,1H3;1H/t12-,13-;/m0./s1. The van der Waals surface area contributed by atoms with Crippen LogP contribution >= 0.6 is 12.4 Å². The second-order valence-corrected chi connectivity index (χ2v) is 6.79. The average Bonchev–Trinajstić information content (AvgIpc) is 2.61. The molecule has 0 bridgehead atoms. The number of nitrogens with one attached hydrogen (secondary N) is 1. The summed E-state index contributed by atoms with van der Waals surface area (Å²) in [6.07, 6.45) is 1.64. The predicted octanol–water partition coefficient (Wildman–Crippen LogP) is 2.06. The van der Waals surface area contributed by atoms with E-state index in [1.165, 1.54) is 11.0 Å². The van der Waals surface area contributed by atoms with Crippen molar-refractivity contribution in [3.63, 3.8) is 0 Å². The molecule has 1 aromatic carbocycles. The van der Waals surface area contributed by atoms with Gasteiger partial charge in [-0.15, -0.1) is 12.4 Å². The number of carbonyl (C=O) groups excluding carboxylic acids is 2. The van der Waals surface area contributed by atoms with Crippen molar-refractivity contribution in [1.82, 2.24) is 15.1 Å². The zero-order valence-corrected chi connectivity index (χ0v) is 15.5. The van der Waals surface area contributed by atoms with Crippen molar-refractivity contribution in [3.8, 4) is 0 Å². The van der Waals surface area contributed by atoms with E-state index in [-0.39, 0.29) is 24.2 Å². The summed E-state index contributed by atoms with van der Waals surface area (Å²) in [6.45, 7) is 4.29. The van der Waals surface area contributed by atoms with Crippen LogP contribution in [0.1, 0.15) is 30.1 Å². The third-order valence-electron chi connectivity index (χ3n) is 5.03. The quantitative estimate of drug-likeness (QED) is 0.845. The molecule has 0 radical (unpaired) electrons. The summed E-state index contributed by atoms with van der Waals surface area (Å²) in [5, 5.41) is 3.33. The first kappa shape index (κ1) is 20.6. The highest BCUT2D eigenvalue weighted by Crippen LogP contribution is 2.21. The maximum atomic E-state index is 13.8. The zero-order chi connectivity index (χ0) is 18.0. The number of amides is 2. The predicted molar refractivity (Wildman–Crippen MR) is 96.3 cm³/mol. The van der Waals surface area contributed by atoms with Crippen LogP contribution in [0.25, 0.3) is 0 Å². The fourth-order valence-electron chi connectivity index (χ4n) is 3.60. The Hall–Kier alpha value is -1.73. The molecule has 26 heavy (non-hydrogen) atoms. The number of benzene rings is 1. The fourth-order valence-corrected chi connectivity index (χ4v) is 3.60. The van der Waals surface area contributed by atoms with Gasteiger partial charge in [0.2, 0.25) is 5.91 Å². The maximum absolute atomic E-state index is 13.8. The van der Waals surface area contributed by atoms with Crippen molar-refractivity contribution < 1.29 is 18.4 Å². The van der Waals surface area contributed by atoms with E-state index in [4.69, 9.17) is 0 Å². The summed E-state index contributed by atoms with van der Waals surface area (Å²) in [7, 11) is 0. The zero-order valence-electron chi connectivity index (χ0n) is 14.7. The molecular formula is C18H24ClF2N3O2. The van der Waals surface area contributed by atoms with Gasteiger partial charge in [0.15, 0.2) is 0 Å². The highest BCUT2D eigenvalue weighted by atomic mass is 35.5. The van der Waals surface area contributed by atoms with Crippen LogP contribution < -0.4 is 5.32 Å². The Balaban J connectivity index is 0.00000243. The van der Waals surface area contributed by atoms with Crippen LogP contribution in [0.2, 0.25) is 0 Å². The van der Waals surface area contributed by atoms with Gasteiger partial charge >= 0.3 is 0 Å². The molecule has 2 saturated heterocycles. The van der Waals surface area contributed by atoms with Gasteiger partial charge in [0, 0.05) is 38.1 Å². The van der Waals surface area contributed by atoms with Crippen molar-refractivity contribution in [2.45, 2.75) is 25.8 Å². The summed E-state index contributed by atoms with van der Waals surface area (Å²) in [6, 6.07) is 3.72. The molecule has 0 unspecified atom stereocenters. The van der Waals surface area contributed by atoms with Gasteiger partial charge in [0.1, 0.15) is 17.2 Å². The first-order valence-electron chi connectivity index (χ1n) is 8.73. The van der Waals surface area contributed by atoms with Gasteiger partial charge in [-0.25, -0.2) is 8.78 Å². The SMILES string of the molecule is C[C@H]1C[C@@H](C(=O)N2CCN(C(=O)c3c(F)cccc3F)CC2)CCN1.Cl. The Morgan fingerprint density at radius 1 is 1.08 bits per heavy atom. The van der Waals surface area contributed by atoms with Crippen molar-refractivity contribution in [2.24, 2.45) is 5.92 Å². The molecule has 2 aliphatic heterocycles. The third-order valence-corrected chi connectivity index (χ3v) is 5.03. The molecule has 2 fully saturated rings. The lowest BCUT2D eigenvalue weighted by Gasteiger charge is -2.38. The normalized spacial score (nSPS) is 23.3. The second-order valence-electron chi connectivity index (χ2n) is 6.79. The maximum Gasteiger partial charge on any atom is 0.259 e. The molecule has 0 aliphatic carbocycles. The van der Waals surface area contributed by atoms with Crippen LogP contribution in [-0.2, 0) is 4.79 Å². The molecule has 3 rings (SSSR count). The van der Waals surface area contributed by atoms with Crippen LogP contribution in [0.15, 0.2) is 18.2 Å². The lowest BCUT2D eigenvalue weighted by atomic mass is 9.92. The van der Waals surface area contributed by atoms with Gasteiger partial charge in [0.05, 0.1) is 0 Å². The number of carbonyl (C=O) groups is 2. The summed E-state index contributed by atoms with van der Waals surface area (Å²) in [4.78, 5) is 28.2. The third kappa shape index (κ3) is 4.32. The van der Waals surface area contributed by atoms with E-state index in [1.807, 2.05) is 0 Å². The van der Waals surface area contributed by atoms with Gasteiger partial charge in [-0.05, 0) is 38.4 Å². The van der Waals surface area contributed by atoms with E-state index >= 15 is 0 Å². The number of hydrogen-bond donors (Lipinski definition) is 1. The van der Waals surface area contributed by atoms with E-state index in [0.29, 0.717) is 32.2 Å². The Labute approximate surface area is 158 Å². The van der Waals surface area contributed by atoms with Crippen molar-refractivity contribution in [2.75, 3.05) is 32.7 Å². The smallest absolute Gasteiger partial charge is 0.259 e. The number of rotatable bonds is 2.